The lowest BCUT2D eigenvalue weighted by atomic mass is 10.1. The lowest BCUT2D eigenvalue weighted by molar-refractivity contribution is -0.137. The highest BCUT2D eigenvalue weighted by Crippen LogP contribution is 2.26. The first-order chi connectivity index (χ1) is 7.49. The molecule has 0 spiro atoms. The van der Waals surface area contributed by atoms with Gasteiger partial charge in [-0.25, -0.2) is 9.18 Å². The standard InChI is InChI=1S/C10H7BrFIO3/c1-2-16-10(15)9(14)7-5(12)3-4-6(13)8(7)11/h3-4H,2H2,1H3. The van der Waals surface area contributed by atoms with E-state index in [4.69, 9.17) is 0 Å². The van der Waals surface area contributed by atoms with Gasteiger partial charge < -0.3 is 4.74 Å². The number of ketones is 1. The smallest absolute Gasteiger partial charge is 0.379 e. The highest BCUT2D eigenvalue weighted by Gasteiger charge is 2.25. The second kappa shape index (κ2) is 5.72. The average Bonchev–Trinajstić information content (AvgIpc) is 2.24. The van der Waals surface area contributed by atoms with E-state index in [0.29, 0.717) is 3.57 Å². The lowest BCUT2D eigenvalue weighted by Crippen LogP contribution is -2.19. The van der Waals surface area contributed by atoms with E-state index in [1.165, 1.54) is 6.07 Å². The molecule has 0 unspecified atom stereocenters. The molecule has 0 saturated carbocycles. The summed E-state index contributed by atoms with van der Waals surface area (Å²) < 4.78 is 18.9. The van der Waals surface area contributed by atoms with Crippen LogP contribution in [0.15, 0.2) is 16.6 Å². The molecule has 0 atom stereocenters. The molecule has 6 heteroatoms. The minimum atomic E-state index is -1.05. The summed E-state index contributed by atoms with van der Waals surface area (Å²) in [6.45, 7) is 1.65. The number of Topliss-reactive ketones (excluding diaryl/α,β-unsaturated/α-hetero) is 1. The maximum Gasteiger partial charge on any atom is 0.379 e. The number of carbonyl (C=O) groups is 2. The second-order valence-corrected chi connectivity index (χ2v) is 4.72. The molecule has 1 rings (SSSR count). The zero-order valence-corrected chi connectivity index (χ0v) is 12.0. The summed E-state index contributed by atoms with van der Waals surface area (Å²) in [7, 11) is 0. The minimum absolute atomic E-state index is 0.0771. The number of carbonyl (C=O) groups excluding carboxylic acids is 2. The summed E-state index contributed by atoms with van der Waals surface area (Å²) in [6, 6.07) is 2.64. The zero-order valence-electron chi connectivity index (χ0n) is 8.22. The molecular weight excluding hydrogens is 394 g/mol. The number of halogens is 3. The van der Waals surface area contributed by atoms with E-state index in [-0.39, 0.29) is 16.6 Å². The van der Waals surface area contributed by atoms with Crippen LogP contribution in [0.3, 0.4) is 0 Å². The minimum Gasteiger partial charge on any atom is -0.460 e. The summed E-state index contributed by atoms with van der Waals surface area (Å²) in [5, 5.41) is 0. The van der Waals surface area contributed by atoms with Crippen LogP contribution in [0.2, 0.25) is 0 Å². The van der Waals surface area contributed by atoms with Crippen molar-refractivity contribution in [3.05, 3.63) is 31.6 Å². The Kier molecular flexibility index (Phi) is 4.85. The van der Waals surface area contributed by atoms with E-state index in [2.05, 4.69) is 20.7 Å². The quantitative estimate of drug-likeness (QED) is 0.257. The molecule has 86 valence electrons. The van der Waals surface area contributed by atoms with E-state index in [1.54, 1.807) is 6.92 Å². The molecule has 0 heterocycles. The third kappa shape index (κ3) is 2.79. The van der Waals surface area contributed by atoms with Crippen molar-refractivity contribution >= 4 is 50.3 Å². The van der Waals surface area contributed by atoms with Gasteiger partial charge in [0.15, 0.2) is 0 Å². The number of hydrogen-bond donors (Lipinski definition) is 0. The van der Waals surface area contributed by atoms with Crippen molar-refractivity contribution in [3.63, 3.8) is 0 Å². The molecule has 1 aromatic carbocycles. The highest BCUT2D eigenvalue weighted by molar-refractivity contribution is 14.1. The van der Waals surface area contributed by atoms with Gasteiger partial charge in [0.25, 0.3) is 5.78 Å². The fraction of sp³-hybridized carbons (Fsp3) is 0.200. The summed E-state index contributed by atoms with van der Waals surface area (Å²) in [5.74, 6) is -2.78. The second-order valence-electron chi connectivity index (χ2n) is 2.77. The number of ether oxygens (including phenoxy) is 1. The van der Waals surface area contributed by atoms with E-state index in [9.17, 15) is 14.0 Å². The van der Waals surface area contributed by atoms with Crippen LogP contribution >= 0.6 is 38.5 Å². The molecule has 0 aliphatic heterocycles. The Bertz CT molecular complexity index is 448. The first kappa shape index (κ1) is 13.6. The summed E-state index contributed by atoms with van der Waals surface area (Å²) in [4.78, 5) is 22.8. The Balaban J connectivity index is 3.18. The third-order valence-corrected chi connectivity index (χ3v) is 4.20. The number of esters is 1. The molecule has 3 nitrogen and oxygen atoms in total. The van der Waals surface area contributed by atoms with Gasteiger partial charge in [-0.1, -0.05) is 0 Å². The predicted molar refractivity (Wildman–Crippen MR) is 67.8 cm³/mol. The Hall–Kier alpha value is -0.500. The largest absolute Gasteiger partial charge is 0.460 e. The van der Waals surface area contributed by atoms with Crippen LogP contribution in [0, 0.1) is 9.39 Å². The number of hydrogen-bond acceptors (Lipinski definition) is 3. The molecule has 0 fully saturated rings. The van der Waals surface area contributed by atoms with Gasteiger partial charge >= 0.3 is 5.97 Å². The third-order valence-electron chi connectivity index (χ3n) is 1.73. The molecule has 0 amide bonds. The van der Waals surface area contributed by atoms with Crippen LogP contribution in [0.1, 0.15) is 17.3 Å². The number of rotatable bonds is 3. The zero-order chi connectivity index (χ0) is 12.3. The van der Waals surface area contributed by atoms with E-state index in [0.717, 1.165) is 6.07 Å². The van der Waals surface area contributed by atoms with Gasteiger partial charge in [0.1, 0.15) is 5.82 Å². The van der Waals surface area contributed by atoms with Gasteiger partial charge in [0, 0.05) is 8.04 Å². The predicted octanol–water partition coefficient (Wildman–Crippen LogP) is 2.94. The number of benzene rings is 1. The van der Waals surface area contributed by atoms with Crippen LogP contribution in [0.5, 0.6) is 0 Å². The summed E-state index contributed by atoms with van der Waals surface area (Å²) >= 11 is 5.00. The molecule has 0 bridgehead atoms. The van der Waals surface area contributed by atoms with Crippen molar-refractivity contribution in [2.24, 2.45) is 0 Å². The Morgan fingerprint density at radius 1 is 1.50 bits per heavy atom. The van der Waals surface area contributed by atoms with Crippen molar-refractivity contribution < 1.29 is 18.7 Å². The topological polar surface area (TPSA) is 43.4 Å². The normalized spacial score (nSPS) is 10.0. The van der Waals surface area contributed by atoms with E-state index >= 15 is 0 Å². The molecule has 0 saturated heterocycles. The van der Waals surface area contributed by atoms with E-state index in [1.807, 2.05) is 22.6 Å². The maximum absolute atomic E-state index is 13.4. The first-order valence-electron chi connectivity index (χ1n) is 4.34. The van der Waals surface area contributed by atoms with Gasteiger partial charge in [-0.3, -0.25) is 4.79 Å². The fourth-order valence-electron chi connectivity index (χ4n) is 1.03. The van der Waals surface area contributed by atoms with Crippen LogP contribution < -0.4 is 0 Å². The van der Waals surface area contributed by atoms with Crippen LogP contribution in [-0.2, 0) is 9.53 Å². The Morgan fingerprint density at radius 3 is 2.69 bits per heavy atom. The van der Waals surface area contributed by atoms with Crippen molar-refractivity contribution in [1.82, 2.24) is 0 Å². The first-order valence-corrected chi connectivity index (χ1v) is 6.21. The molecule has 0 radical (unpaired) electrons. The van der Waals surface area contributed by atoms with Crippen molar-refractivity contribution in [3.8, 4) is 0 Å². The Labute approximate surface area is 114 Å². The molecule has 0 aliphatic carbocycles. The van der Waals surface area contributed by atoms with Crippen LogP contribution in [0.4, 0.5) is 4.39 Å². The fourth-order valence-corrected chi connectivity index (χ4v) is 1.99. The van der Waals surface area contributed by atoms with Gasteiger partial charge in [-0.05, 0) is 57.6 Å². The average molecular weight is 401 g/mol. The molecule has 0 N–H and O–H groups in total. The maximum atomic E-state index is 13.4. The van der Waals surface area contributed by atoms with Gasteiger partial charge in [0.2, 0.25) is 0 Å². The van der Waals surface area contributed by atoms with Crippen LogP contribution in [-0.4, -0.2) is 18.4 Å². The molecule has 16 heavy (non-hydrogen) atoms. The van der Waals surface area contributed by atoms with Crippen molar-refractivity contribution in [2.45, 2.75) is 6.92 Å². The lowest BCUT2D eigenvalue weighted by Gasteiger charge is -2.06. The summed E-state index contributed by atoms with van der Waals surface area (Å²) in [5.41, 5.74) is -0.287. The highest BCUT2D eigenvalue weighted by atomic mass is 127. The van der Waals surface area contributed by atoms with E-state index < -0.39 is 17.6 Å². The van der Waals surface area contributed by atoms with Gasteiger partial charge in [-0.2, -0.15) is 0 Å². The van der Waals surface area contributed by atoms with Gasteiger partial charge in [0.05, 0.1) is 12.2 Å². The monoisotopic (exact) mass is 400 g/mol. The summed E-state index contributed by atoms with van der Waals surface area (Å²) in [6.07, 6.45) is 0. The SMILES string of the molecule is CCOC(=O)C(=O)c1c(F)ccc(I)c1Br. The van der Waals surface area contributed by atoms with Crippen molar-refractivity contribution in [2.75, 3.05) is 6.61 Å². The molecule has 0 aliphatic rings. The van der Waals surface area contributed by atoms with Crippen molar-refractivity contribution in [1.29, 1.82) is 0 Å². The Morgan fingerprint density at radius 2 is 2.12 bits per heavy atom. The van der Waals surface area contributed by atoms with Crippen LogP contribution in [0.25, 0.3) is 0 Å². The molecular formula is C10H7BrFIO3. The molecule has 0 aromatic heterocycles. The van der Waals surface area contributed by atoms with Gasteiger partial charge in [-0.15, -0.1) is 0 Å². The molecule has 1 aromatic rings.